The summed E-state index contributed by atoms with van der Waals surface area (Å²) in [4.78, 5) is 17.0. The number of nitrogens with one attached hydrogen (secondary N) is 1. The quantitative estimate of drug-likeness (QED) is 0.677. The molecule has 0 spiro atoms. The number of carbonyl (C=O) groups is 1. The third-order valence-electron chi connectivity index (χ3n) is 1.89. The smallest absolute Gasteiger partial charge is 0.185 e. The molecule has 0 amide bonds. The number of hydrogen-bond acceptors (Lipinski definition) is 2. The highest BCUT2D eigenvalue weighted by Gasteiger charge is 2.05. The molecule has 0 atom stereocenters. The lowest BCUT2D eigenvalue weighted by molar-refractivity contribution is 0.111. The lowest BCUT2D eigenvalue weighted by Gasteiger charge is -1.93. The van der Waals surface area contributed by atoms with E-state index in [0.717, 1.165) is 0 Å². The summed E-state index contributed by atoms with van der Waals surface area (Å²) in [7, 11) is 0. The Morgan fingerprint density at radius 2 is 2.31 bits per heavy atom. The van der Waals surface area contributed by atoms with Crippen LogP contribution in [0.4, 0.5) is 4.39 Å². The van der Waals surface area contributed by atoms with Gasteiger partial charge in [-0.25, -0.2) is 9.37 Å². The van der Waals surface area contributed by atoms with Crippen LogP contribution in [-0.4, -0.2) is 16.3 Å². The van der Waals surface area contributed by atoms with Gasteiger partial charge >= 0.3 is 0 Å². The van der Waals surface area contributed by atoms with Gasteiger partial charge in [-0.3, -0.25) is 4.79 Å². The number of benzene rings is 1. The summed E-state index contributed by atoms with van der Waals surface area (Å²) in [6, 6.07) is 2.94. The fourth-order valence-electron chi connectivity index (χ4n) is 1.22. The van der Waals surface area contributed by atoms with Crippen LogP contribution in [-0.2, 0) is 0 Å². The first kappa shape index (κ1) is 7.91. The van der Waals surface area contributed by atoms with Crippen molar-refractivity contribution in [2.45, 2.75) is 6.92 Å². The highest BCUT2D eigenvalue weighted by Crippen LogP contribution is 2.15. The highest BCUT2D eigenvalue weighted by atomic mass is 19.1. The molecule has 0 saturated carbocycles. The standard InChI is InChI=1S/C9H7FN2O/c1-5-2-7-8(3-6(5)10)12-9(4-13)11-7/h2-4H,1H3,(H,11,12). The summed E-state index contributed by atoms with van der Waals surface area (Å²) in [5.41, 5.74) is 1.69. The van der Waals surface area contributed by atoms with Crippen molar-refractivity contribution in [2.75, 3.05) is 0 Å². The number of rotatable bonds is 1. The van der Waals surface area contributed by atoms with Crippen molar-refractivity contribution in [1.82, 2.24) is 9.97 Å². The minimum atomic E-state index is -0.309. The molecule has 0 saturated heterocycles. The molecular formula is C9H7FN2O. The Hall–Kier alpha value is -1.71. The number of halogens is 1. The zero-order chi connectivity index (χ0) is 9.42. The van der Waals surface area contributed by atoms with Gasteiger partial charge in [-0.2, -0.15) is 0 Å². The van der Waals surface area contributed by atoms with Crippen molar-refractivity contribution in [3.63, 3.8) is 0 Å². The molecule has 0 aliphatic carbocycles. The van der Waals surface area contributed by atoms with E-state index in [1.54, 1.807) is 13.0 Å². The summed E-state index contributed by atoms with van der Waals surface area (Å²) in [5, 5.41) is 0. The van der Waals surface area contributed by atoms with Crippen molar-refractivity contribution in [2.24, 2.45) is 0 Å². The third-order valence-corrected chi connectivity index (χ3v) is 1.89. The van der Waals surface area contributed by atoms with Crippen LogP contribution in [0.3, 0.4) is 0 Å². The van der Waals surface area contributed by atoms with Crippen molar-refractivity contribution in [3.05, 3.63) is 29.3 Å². The normalized spacial score (nSPS) is 10.6. The van der Waals surface area contributed by atoms with E-state index in [4.69, 9.17) is 0 Å². The molecule has 1 aromatic heterocycles. The topological polar surface area (TPSA) is 45.8 Å². The molecule has 3 nitrogen and oxygen atoms in total. The van der Waals surface area contributed by atoms with E-state index < -0.39 is 0 Å². The number of fused-ring (bicyclic) bond motifs is 1. The Morgan fingerprint density at radius 1 is 1.54 bits per heavy atom. The number of hydrogen-bond donors (Lipinski definition) is 1. The molecule has 2 aromatic rings. The average Bonchev–Trinajstić information content (AvgIpc) is 2.48. The van der Waals surface area contributed by atoms with E-state index in [-0.39, 0.29) is 11.6 Å². The van der Waals surface area contributed by atoms with Gasteiger partial charge in [-0.05, 0) is 18.6 Å². The minimum absolute atomic E-state index is 0.222. The van der Waals surface area contributed by atoms with Gasteiger partial charge in [0.25, 0.3) is 0 Å². The molecule has 13 heavy (non-hydrogen) atoms. The maximum atomic E-state index is 13.0. The largest absolute Gasteiger partial charge is 0.336 e. The van der Waals surface area contributed by atoms with Gasteiger partial charge in [0.1, 0.15) is 5.82 Å². The van der Waals surface area contributed by atoms with Gasteiger partial charge < -0.3 is 4.98 Å². The summed E-state index contributed by atoms with van der Waals surface area (Å²) in [6.07, 6.45) is 0.604. The van der Waals surface area contributed by atoms with Crippen molar-refractivity contribution >= 4 is 17.3 Å². The Kier molecular flexibility index (Phi) is 1.62. The first-order chi connectivity index (χ1) is 6.20. The molecule has 0 unspecified atom stereocenters. The molecule has 2 rings (SSSR count). The Balaban J connectivity index is 2.77. The molecule has 0 fully saturated rings. The van der Waals surface area contributed by atoms with Gasteiger partial charge in [0.2, 0.25) is 0 Å². The first-order valence-corrected chi connectivity index (χ1v) is 3.82. The Labute approximate surface area is 73.6 Å². The number of nitrogens with zero attached hydrogens (tertiary/aromatic N) is 1. The van der Waals surface area contributed by atoms with Crippen LogP contribution in [0.15, 0.2) is 12.1 Å². The molecular weight excluding hydrogens is 171 g/mol. The third kappa shape index (κ3) is 1.20. The number of aldehydes is 1. The van der Waals surface area contributed by atoms with Gasteiger partial charge in [0.15, 0.2) is 12.1 Å². The SMILES string of the molecule is Cc1cc2[nH]c(C=O)nc2cc1F. The van der Waals surface area contributed by atoms with Crippen LogP contribution >= 0.6 is 0 Å². The number of H-pyrrole nitrogens is 1. The molecule has 1 heterocycles. The van der Waals surface area contributed by atoms with Gasteiger partial charge in [-0.15, -0.1) is 0 Å². The average molecular weight is 178 g/mol. The number of carbonyl (C=O) groups excluding carboxylic acids is 1. The Bertz CT molecular complexity index is 437. The Morgan fingerprint density at radius 3 is 3.00 bits per heavy atom. The molecule has 4 heteroatoms. The monoisotopic (exact) mass is 178 g/mol. The fourth-order valence-corrected chi connectivity index (χ4v) is 1.22. The summed E-state index contributed by atoms with van der Waals surface area (Å²) in [5.74, 6) is -0.0866. The molecule has 0 radical (unpaired) electrons. The lowest BCUT2D eigenvalue weighted by Crippen LogP contribution is -1.81. The van der Waals surface area contributed by atoms with Crippen molar-refractivity contribution < 1.29 is 9.18 Å². The number of aromatic amines is 1. The van der Waals surface area contributed by atoms with Crippen molar-refractivity contribution in [1.29, 1.82) is 0 Å². The van der Waals surface area contributed by atoms with E-state index in [1.165, 1.54) is 6.07 Å². The number of aryl methyl sites for hydroxylation is 1. The van der Waals surface area contributed by atoms with Crippen LogP contribution in [0.2, 0.25) is 0 Å². The van der Waals surface area contributed by atoms with Gasteiger partial charge in [0.05, 0.1) is 11.0 Å². The number of imidazole rings is 1. The van der Waals surface area contributed by atoms with E-state index in [1.807, 2.05) is 0 Å². The maximum absolute atomic E-state index is 13.0. The first-order valence-electron chi connectivity index (χ1n) is 3.82. The summed E-state index contributed by atoms with van der Waals surface area (Å²) in [6.45, 7) is 1.66. The van der Waals surface area contributed by atoms with E-state index in [2.05, 4.69) is 9.97 Å². The molecule has 1 N–H and O–H groups in total. The molecule has 66 valence electrons. The molecule has 0 aliphatic rings. The zero-order valence-electron chi connectivity index (χ0n) is 6.97. The highest BCUT2D eigenvalue weighted by molar-refractivity contribution is 5.82. The van der Waals surface area contributed by atoms with E-state index in [9.17, 15) is 9.18 Å². The number of aromatic nitrogens is 2. The second-order valence-electron chi connectivity index (χ2n) is 2.86. The zero-order valence-corrected chi connectivity index (χ0v) is 6.97. The minimum Gasteiger partial charge on any atom is -0.336 e. The summed E-state index contributed by atoms with van der Waals surface area (Å²) >= 11 is 0. The van der Waals surface area contributed by atoms with E-state index in [0.29, 0.717) is 22.9 Å². The predicted molar refractivity (Wildman–Crippen MR) is 46.2 cm³/mol. The second-order valence-corrected chi connectivity index (χ2v) is 2.86. The van der Waals surface area contributed by atoms with Crippen LogP contribution in [0.5, 0.6) is 0 Å². The molecule has 0 aliphatic heterocycles. The van der Waals surface area contributed by atoms with Crippen LogP contribution in [0.1, 0.15) is 16.2 Å². The second kappa shape index (κ2) is 2.65. The van der Waals surface area contributed by atoms with Crippen molar-refractivity contribution in [3.8, 4) is 0 Å². The summed E-state index contributed by atoms with van der Waals surface area (Å²) < 4.78 is 13.0. The van der Waals surface area contributed by atoms with Crippen LogP contribution in [0.25, 0.3) is 11.0 Å². The molecule has 0 bridgehead atoms. The van der Waals surface area contributed by atoms with Gasteiger partial charge in [0, 0.05) is 6.07 Å². The van der Waals surface area contributed by atoms with E-state index >= 15 is 0 Å². The van der Waals surface area contributed by atoms with Crippen LogP contribution in [0, 0.1) is 12.7 Å². The fraction of sp³-hybridized carbons (Fsp3) is 0.111. The van der Waals surface area contributed by atoms with Gasteiger partial charge in [-0.1, -0.05) is 0 Å². The maximum Gasteiger partial charge on any atom is 0.185 e. The lowest BCUT2D eigenvalue weighted by atomic mass is 10.2. The van der Waals surface area contributed by atoms with Crippen LogP contribution < -0.4 is 0 Å². The molecule has 1 aromatic carbocycles. The predicted octanol–water partition coefficient (Wildman–Crippen LogP) is 1.82.